The largest absolute Gasteiger partial charge is 0.435 e. The van der Waals surface area contributed by atoms with E-state index >= 15 is 0 Å². The molecule has 182 valence electrons. The Hall–Kier alpha value is -1.30. The Labute approximate surface area is 187 Å². The summed E-state index contributed by atoms with van der Waals surface area (Å²) < 4.78 is 18.1. The van der Waals surface area contributed by atoms with Gasteiger partial charge in [-0.25, -0.2) is 9.78 Å². The number of ether oxygens (including phenoxy) is 3. The molecular weight excluding hydrogens is 422 g/mol. The lowest BCUT2D eigenvalue weighted by Crippen LogP contribution is -2.70. The molecule has 0 radical (unpaired) electrons. The van der Waals surface area contributed by atoms with Gasteiger partial charge < -0.3 is 29.7 Å². The second-order valence-electron chi connectivity index (χ2n) is 9.90. The van der Waals surface area contributed by atoms with Crippen LogP contribution in [0.1, 0.15) is 59.3 Å². The van der Waals surface area contributed by atoms with Gasteiger partial charge in [-0.05, 0) is 38.0 Å². The Bertz CT molecular complexity index is 720. The number of carbonyl (C=O) groups excluding carboxylic acids is 2. The fourth-order valence-electron chi connectivity index (χ4n) is 5.80. The van der Waals surface area contributed by atoms with E-state index in [0.717, 1.165) is 19.3 Å². The summed E-state index contributed by atoms with van der Waals surface area (Å²) >= 11 is 0. The minimum Gasteiger partial charge on any atom is -0.435 e. The number of rotatable bonds is 7. The van der Waals surface area contributed by atoms with Gasteiger partial charge in [-0.3, -0.25) is 9.59 Å². The van der Waals surface area contributed by atoms with Crippen molar-refractivity contribution in [3.05, 3.63) is 0 Å². The van der Waals surface area contributed by atoms with Crippen molar-refractivity contribution in [1.82, 2.24) is 5.32 Å². The van der Waals surface area contributed by atoms with E-state index in [1.807, 2.05) is 13.8 Å². The maximum atomic E-state index is 12.5. The molecule has 5 rings (SSSR count). The molecule has 5 aliphatic rings. The average Bonchev–Trinajstić information content (AvgIpc) is 3.00. The molecule has 0 aromatic carbocycles. The number of amides is 1. The zero-order chi connectivity index (χ0) is 23.1. The second-order valence-corrected chi connectivity index (χ2v) is 9.90. The third-order valence-corrected chi connectivity index (χ3v) is 7.65. The molecule has 10 nitrogen and oxygen atoms in total. The van der Waals surface area contributed by atoms with Gasteiger partial charge in [-0.2, -0.15) is 0 Å². The smallest absolute Gasteiger partial charge is 0.308 e. The number of carbonyl (C=O) groups is 2. The standard InChI is InChI=1S/C22H35NO9/c1-12-4-5-16-13(2)19(28-18(27)7-6-17(26)23-10-14(25)11-24)29-20-22(16)15(12)8-9-21(3,30-20)31-32-22/h12-16,19-20,24-25H,4-11H2,1-3H3,(H,23,26)/t12-,13-,14+,15+,16-,19-,20-,21-,22-/m1/s1. The van der Waals surface area contributed by atoms with Crippen LogP contribution in [0.15, 0.2) is 0 Å². The summed E-state index contributed by atoms with van der Waals surface area (Å²) in [4.78, 5) is 36.1. The fraction of sp³-hybridized carbons (Fsp3) is 0.909. The first-order chi connectivity index (χ1) is 15.2. The zero-order valence-electron chi connectivity index (χ0n) is 19.0. The van der Waals surface area contributed by atoms with E-state index in [0.29, 0.717) is 12.3 Å². The summed E-state index contributed by atoms with van der Waals surface area (Å²) in [7, 11) is 0. The van der Waals surface area contributed by atoms with Crippen LogP contribution < -0.4 is 5.32 Å². The number of fused-ring (bicyclic) bond motifs is 2. The third kappa shape index (κ3) is 4.28. The molecule has 5 fully saturated rings. The van der Waals surface area contributed by atoms with Crippen LogP contribution in [-0.4, -0.2) is 65.3 Å². The van der Waals surface area contributed by atoms with Crippen LogP contribution in [-0.2, 0) is 33.6 Å². The zero-order valence-corrected chi connectivity index (χ0v) is 19.0. The molecule has 2 bridgehead atoms. The summed E-state index contributed by atoms with van der Waals surface area (Å²) in [6.45, 7) is 5.55. The van der Waals surface area contributed by atoms with Crippen LogP contribution in [0.4, 0.5) is 0 Å². The molecule has 1 aliphatic carbocycles. The molecule has 3 N–H and O–H groups in total. The fourth-order valence-corrected chi connectivity index (χ4v) is 5.80. The van der Waals surface area contributed by atoms with Crippen LogP contribution in [0.5, 0.6) is 0 Å². The van der Waals surface area contributed by atoms with Crippen LogP contribution in [0, 0.1) is 23.7 Å². The van der Waals surface area contributed by atoms with Gasteiger partial charge in [0.1, 0.15) is 0 Å². The molecule has 4 saturated heterocycles. The highest BCUT2D eigenvalue weighted by Gasteiger charge is 2.69. The van der Waals surface area contributed by atoms with E-state index in [1.165, 1.54) is 0 Å². The van der Waals surface area contributed by atoms with Crippen LogP contribution in [0.25, 0.3) is 0 Å². The molecule has 0 unspecified atom stereocenters. The molecular formula is C22H35NO9. The minimum absolute atomic E-state index is 0.0474. The number of nitrogens with one attached hydrogen (secondary N) is 1. The maximum absolute atomic E-state index is 12.5. The molecule has 0 aromatic heterocycles. The summed E-state index contributed by atoms with van der Waals surface area (Å²) in [6, 6.07) is 0. The van der Waals surface area contributed by atoms with E-state index in [2.05, 4.69) is 12.2 Å². The number of aliphatic hydroxyl groups excluding tert-OH is 2. The van der Waals surface area contributed by atoms with E-state index < -0.39 is 48.6 Å². The van der Waals surface area contributed by atoms with Crippen molar-refractivity contribution in [1.29, 1.82) is 0 Å². The first-order valence-electron chi connectivity index (χ1n) is 11.6. The highest BCUT2D eigenvalue weighted by molar-refractivity contribution is 5.81. The lowest BCUT2D eigenvalue weighted by atomic mass is 9.58. The van der Waals surface area contributed by atoms with Crippen LogP contribution in [0.3, 0.4) is 0 Å². The van der Waals surface area contributed by atoms with Gasteiger partial charge in [0.2, 0.25) is 18.0 Å². The SMILES string of the molecule is C[C@H]1[C@H](OC(=O)CCC(=O)NC[C@H](O)CO)O[C@@H]2O[C@@]3(C)CC[C@H]4[C@H](C)CC[C@H]1[C@@]24OO3. The van der Waals surface area contributed by atoms with Crippen molar-refractivity contribution in [2.45, 2.75) is 89.4 Å². The summed E-state index contributed by atoms with van der Waals surface area (Å²) in [5.41, 5.74) is -0.719. The van der Waals surface area contributed by atoms with Gasteiger partial charge in [-0.15, -0.1) is 0 Å². The normalized spacial score (nSPS) is 43.7. The predicted octanol–water partition coefficient (Wildman–Crippen LogP) is 0.987. The van der Waals surface area contributed by atoms with Gasteiger partial charge in [0.15, 0.2) is 11.9 Å². The Morgan fingerprint density at radius 3 is 2.69 bits per heavy atom. The maximum Gasteiger partial charge on any atom is 0.308 e. The van der Waals surface area contributed by atoms with Gasteiger partial charge >= 0.3 is 5.97 Å². The molecule has 1 spiro atoms. The molecule has 1 saturated carbocycles. The molecule has 10 heteroatoms. The van der Waals surface area contributed by atoms with Crippen LogP contribution in [0.2, 0.25) is 0 Å². The van der Waals surface area contributed by atoms with Crippen molar-refractivity contribution >= 4 is 11.9 Å². The number of esters is 1. The highest BCUT2D eigenvalue weighted by atomic mass is 17.3. The van der Waals surface area contributed by atoms with Crippen molar-refractivity contribution in [3.8, 4) is 0 Å². The van der Waals surface area contributed by atoms with Gasteiger partial charge in [0.25, 0.3) is 0 Å². The molecule has 32 heavy (non-hydrogen) atoms. The van der Waals surface area contributed by atoms with Crippen molar-refractivity contribution in [2.24, 2.45) is 23.7 Å². The Morgan fingerprint density at radius 1 is 1.16 bits per heavy atom. The Morgan fingerprint density at radius 2 is 1.94 bits per heavy atom. The summed E-state index contributed by atoms with van der Waals surface area (Å²) in [5, 5.41) is 20.5. The monoisotopic (exact) mass is 457 g/mol. The third-order valence-electron chi connectivity index (χ3n) is 7.65. The topological polar surface area (TPSA) is 133 Å². The predicted molar refractivity (Wildman–Crippen MR) is 108 cm³/mol. The van der Waals surface area contributed by atoms with E-state index in [4.69, 9.17) is 29.1 Å². The highest BCUT2D eigenvalue weighted by Crippen LogP contribution is 2.60. The van der Waals surface area contributed by atoms with Gasteiger partial charge in [-0.1, -0.05) is 13.8 Å². The van der Waals surface area contributed by atoms with Crippen molar-refractivity contribution in [2.75, 3.05) is 13.2 Å². The Kier molecular flexibility index (Phi) is 6.82. The lowest BCUT2D eigenvalue weighted by Gasteiger charge is -2.59. The first kappa shape index (κ1) is 23.8. The van der Waals surface area contributed by atoms with Crippen LogP contribution >= 0.6 is 0 Å². The summed E-state index contributed by atoms with van der Waals surface area (Å²) in [6.07, 6.45) is 0.842. The quantitative estimate of drug-likeness (QED) is 0.378. The van der Waals surface area contributed by atoms with Crippen molar-refractivity contribution < 1.29 is 43.8 Å². The van der Waals surface area contributed by atoms with Gasteiger partial charge in [0, 0.05) is 31.2 Å². The lowest BCUT2D eigenvalue weighted by molar-refractivity contribution is -0.576. The summed E-state index contributed by atoms with van der Waals surface area (Å²) in [5.74, 6) is -1.26. The van der Waals surface area contributed by atoms with Gasteiger partial charge in [0.05, 0.1) is 19.1 Å². The molecule has 9 atom stereocenters. The molecule has 0 aromatic rings. The molecule has 1 amide bonds. The molecule has 4 heterocycles. The van der Waals surface area contributed by atoms with E-state index in [-0.39, 0.29) is 37.1 Å². The number of aliphatic hydroxyl groups is 2. The van der Waals surface area contributed by atoms with Crippen molar-refractivity contribution in [3.63, 3.8) is 0 Å². The molecule has 4 aliphatic heterocycles. The average molecular weight is 458 g/mol. The first-order valence-corrected chi connectivity index (χ1v) is 11.6. The minimum atomic E-state index is -1.03. The number of hydrogen-bond donors (Lipinski definition) is 3. The Balaban J connectivity index is 1.40. The number of hydrogen-bond acceptors (Lipinski definition) is 9. The van der Waals surface area contributed by atoms with E-state index in [1.54, 1.807) is 0 Å². The van der Waals surface area contributed by atoms with E-state index in [9.17, 15) is 14.7 Å². The second kappa shape index (κ2) is 9.15.